The van der Waals surface area contributed by atoms with Crippen LogP contribution in [0.5, 0.6) is 0 Å². The van der Waals surface area contributed by atoms with Gasteiger partial charge >= 0.3 is 0 Å². The van der Waals surface area contributed by atoms with E-state index in [0.29, 0.717) is 28.8 Å². The minimum atomic E-state index is -0.541. The SMILES string of the molecule is Cc1ccccc1C(C/C(=N\O)c1ccc(=O)n(C)c1)c1ccc(C(N)=O)c([C@H](CO)C(C)C)c1. The summed E-state index contributed by atoms with van der Waals surface area (Å²) in [7, 11) is 1.65. The Balaban J connectivity index is 2.18. The van der Waals surface area contributed by atoms with Crippen molar-refractivity contribution in [1.82, 2.24) is 4.57 Å². The molecule has 0 fully saturated rings. The first kappa shape index (κ1) is 25.9. The zero-order chi connectivity index (χ0) is 25.7. The molecule has 4 N–H and O–H groups in total. The Morgan fingerprint density at radius 2 is 1.80 bits per heavy atom. The number of carbonyl (C=O) groups is 1. The summed E-state index contributed by atoms with van der Waals surface area (Å²) in [6, 6.07) is 16.6. The average molecular weight is 476 g/mol. The molecule has 0 aliphatic rings. The second-order valence-electron chi connectivity index (χ2n) is 9.27. The number of amides is 1. The summed E-state index contributed by atoms with van der Waals surface area (Å²) in [5.74, 6) is -0.928. The molecular weight excluding hydrogens is 442 g/mol. The van der Waals surface area contributed by atoms with Crippen molar-refractivity contribution in [2.24, 2.45) is 23.9 Å². The highest BCUT2D eigenvalue weighted by atomic mass is 16.4. The van der Waals surface area contributed by atoms with E-state index in [1.807, 2.05) is 57.2 Å². The topological polar surface area (TPSA) is 118 Å². The molecule has 7 nitrogen and oxygen atoms in total. The van der Waals surface area contributed by atoms with Gasteiger partial charge in [-0.1, -0.05) is 55.4 Å². The van der Waals surface area contributed by atoms with Crippen LogP contribution < -0.4 is 11.3 Å². The minimum Gasteiger partial charge on any atom is -0.411 e. The molecule has 0 aliphatic heterocycles. The zero-order valence-electron chi connectivity index (χ0n) is 20.6. The highest BCUT2D eigenvalue weighted by Crippen LogP contribution is 2.36. The highest BCUT2D eigenvalue weighted by molar-refractivity contribution is 6.00. The molecule has 2 aromatic carbocycles. The van der Waals surface area contributed by atoms with Crippen molar-refractivity contribution in [3.8, 4) is 0 Å². The van der Waals surface area contributed by atoms with E-state index in [9.17, 15) is 19.9 Å². The molecule has 0 spiro atoms. The van der Waals surface area contributed by atoms with E-state index in [4.69, 9.17) is 5.73 Å². The lowest BCUT2D eigenvalue weighted by molar-refractivity contribution is 0.0998. The van der Waals surface area contributed by atoms with Crippen LogP contribution in [-0.2, 0) is 7.05 Å². The minimum absolute atomic E-state index is 0.0884. The van der Waals surface area contributed by atoms with Gasteiger partial charge in [0, 0.05) is 48.7 Å². The standard InChI is InChI=1S/C28H33N3O4/c1-17(2)25(16-32)24-13-19(9-11-22(24)28(29)34)23(21-8-6-5-7-18(21)3)14-26(30-35)20-10-12-27(33)31(4)15-20/h5-13,15,17,23,25,32,35H,14,16H2,1-4H3,(H2,29,34)/b30-26+/t23?,25-/m1/s1. The maximum absolute atomic E-state index is 12.2. The van der Waals surface area contributed by atoms with Crippen molar-refractivity contribution in [3.05, 3.63) is 105 Å². The van der Waals surface area contributed by atoms with Crippen molar-refractivity contribution < 1.29 is 15.1 Å². The number of aliphatic hydroxyl groups excluding tert-OH is 1. The highest BCUT2D eigenvalue weighted by Gasteiger charge is 2.25. The molecule has 0 aliphatic carbocycles. The third-order valence-corrected chi connectivity index (χ3v) is 6.65. The number of aromatic nitrogens is 1. The fourth-order valence-electron chi connectivity index (χ4n) is 4.56. The van der Waals surface area contributed by atoms with Crippen LogP contribution >= 0.6 is 0 Å². The maximum Gasteiger partial charge on any atom is 0.250 e. The summed E-state index contributed by atoms with van der Waals surface area (Å²) in [5, 5.41) is 23.6. The summed E-state index contributed by atoms with van der Waals surface area (Å²) >= 11 is 0. The number of hydrogen-bond acceptors (Lipinski definition) is 5. The van der Waals surface area contributed by atoms with Crippen LogP contribution in [-0.4, -0.2) is 33.1 Å². The normalized spacial score (nSPS) is 13.6. The zero-order valence-corrected chi connectivity index (χ0v) is 20.6. The number of hydrogen-bond donors (Lipinski definition) is 3. The van der Waals surface area contributed by atoms with Crippen molar-refractivity contribution >= 4 is 11.6 Å². The Morgan fingerprint density at radius 3 is 2.37 bits per heavy atom. The van der Waals surface area contributed by atoms with Crippen LogP contribution in [0.4, 0.5) is 0 Å². The number of pyridine rings is 1. The Labute approximate surface area is 205 Å². The number of nitrogens with two attached hydrogens (primary N) is 1. The first-order valence-corrected chi connectivity index (χ1v) is 11.7. The van der Waals surface area contributed by atoms with E-state index in [0.717, 1.165) is 16.7 Å². The molecule has 0 radical (unpaired) electrons. The Morgan fingerprint density at radius 1 is 1.09 bits per heavy atom. The Kier molecular flexibility index (Phi) is 8.25. The smallest absolute Gasteiger partial charge is 0.250 e. The molecule has 0 bridgehead atoms. The predicted molar refractivity (Wildman–Crippen MR) is 137 cm³/mol. The fraction of sp³-hybridized carbons (Fsp3) is 0.321. The van der Waals surface area contributed by atoms with Crippen molar-refractivity contribution in [2.75, 3.05) is 6.61 Å². The van der Waals surface area contributed by atoms with Crippen LogP contribution in [0.1, 0.15) is 70.3 Å². The van der Waals surface area contributed by atoms with Gasteiger partial charge in [-0.3, -0.25) is 9.59 Å². The van der Waals surface area contributed by atoms with E-state index < -0.39 is 5.91 Å². The molecule has 1 amide bonds. The van der Waals surface area contributed by atoms with Gasteiger partial charge in [0.15, 0.2) is 0 Å². The fourth-order valence-corrected chi connectivity index (χ4v) is 4.56. The van der Waals surface area contributed by atoms with Crippen LogP contribution in [0.3, 0.4) is 0 Å². The first-order chi connectivity index (χ1) is 16.7. The largest absolute Gasteiger partial charge is 0.411 e. The second-order valence-corrected chi connectivity index (χ2v) is 9.27. The number of benzene rings is 2. The number of nitrogens with zero attached hydrogens (tertiary/aromatic N) is 2. The first-order valence-electron chi connectivity index (χ1n) is 11.7. The monoisotopic (exact) mass is 475 g/mol. The average Bonchev–Trinajstić information content (AvgIpc) is 2.82. The van der Waals surface area contributed by atoms with Gasteiger partial charge in [-0.15, -0.1) is 0 Å². The van der Waals surface area contributed by atoms with Gasteiger partial charge in [0.05, 0.1) is 12.3 Å². The third-order valence-electron chi connectivity index (χ3n) is 6.65. The van der Waals surface area contributed by atoms with Crippen molar-refractivity contribution in [2.45, 2.75) is 39.0 Å². The number of primary amides is 1. The summed E-state index contributed by atoms with van der Waals surface area (Å²) in [6.07, 6.45) is 1.99. The molecule has 3 rings (SSSR count). The molecule has 184 valence electrons. The molecule has 3 aromatic rings. The Hall–Kier alpha value is -3.71. The molecule has 35 heavy (non-hydrogen) atoms. The molecular formula is C28H33N3O4. The van der Waals surface area contributed by atoms with Gasteiger partial charge in [-0.2, -0.15) is 0 Å². The lowest BCUT2D eigenvalue weighted by Gasteiger charge is -2.25. The summed E-state index contributed by atoms with van der Waals surface area (Å²) in [6.45, 7) is 5.90. The number of aryl methyl sites for hydroxylation is 2. The van der Waals surface area contributed by atoms with Gasteiger partial charge in [0.1, 0.15) is 0 Å². The summed E-state index contributed by atoms with van der Waals surface area (Å²) < 4.78 is 1.44. The van der Waals surface area contributed by atoms with E-state index in [-0.39, 0.29) is 29.9 Å². The maximum atomic E-state index is 12.2. The molecule has 1 aromatic heterocycles. The van der Waals surface area contributed by atoms with E-state index >= 15 is 0 Å². The van der Waals surface area contributed by atoms with Crippen molar-refractivity contribution in [1.29, 1.82) is 0 Å². The number of carbonyl (C=O) groups excluding carboxylic acids is 1. The Bertz CT molecular complexity index is 1290. The summed E-state index contributed by atoms with van der Waals surface area (Å²) in [4.78, 5) is 24.1. The van der Waals surface area contributed by atoms with Gasteiger partial charge in [0.2, 0.25) is 11.5 Å². The van der Waals surface area contributed by atoms with E-state index in [2.05, 4.69) is 5.16 Å². The quantitative estimate of drug-likeness (QED) is 0.247. The van der Waals surface area contributed by atoms with Gasteiger partial charge in [-0.25, -0.2) is 0 Å². The van der Waals surface area contributed by atoms with Gasteiger partial charge in [0.25, 0.3) is 0 Å². The van der Waals surface area contributed by atoms with Crippen LogP contribution in [0.25, 0.3) is 0 Å². The van der Waals surface area contributed by atoms with Gasteiger partial charge in [-0.05, 0) is 47.2 Å². The van der Waals surface area contributed by atoms with Crippen LogP contribution in [0, 0.1) is 12.8 Å². The number of oxime groups is 1. The predicted octanol–water partition coefficient (Wildman–Crippen LogP) is 3.93. The second kappa shape index (κ2) is 11.1. The number of rotatable bonds is 9. The lowest BCUT2D eigenvalue weighted by atomic mass is 9.79. The van der Waals surface area contributed by atoms with Gasteiger partial charge < -0.3 is 20.6 Å². The van der Waals surface area contributed by atoms with Crippen molar-refractivity contribution in [3.63, 3.8) is 0 Å². The molecule has 7 heteroatoms. The molecule has 1 heterocycles. The van der Waals surface area contributed by atoms with E-state index in [1.54, 1.807) is 25.4 Å². The van der Waals surface area contributed by atoms with E-state index in [1.165, 1.54) is 10.6 Å². The lowest BCUT2D eigenvalue weighted by Crippen LogP contribution is -2.21. The number of aliphatic hydroxyl groups is 1. The third kappa shape index (κ3) is 5.69. The summed E-state index contributed by atoms with van der Waals surface area (Å²) in [5.41, 5.74) is 10.7. The molecule has 0 saturated heterocycles. The molecule has 0 saturated carbocycles. The van der Waals surface area contributed by atoms with Crippen LogP contribution in [0.15, 0.2) is 70.7 Å². The van der Waals surface area contributed by atoms with Crippen LogP contribution in [0.2, 0.25) is 0 Å². The molecule has 1 unspecified atom stereocenters. The molecule has 2 atom stereocenters.